The molecule has 0 aliphatic carbocycles. The van der Waals surface area contributed by atoms with Gasteiger partial charge < -0.3 is 19.1 Å². The normalized spacial score (nSPS) is 19.4. The lowest BCUT2D eigenvalue weighted by molar-refractivity contribution is 0.00782. The van der Waals surface area contributed by atoms with Gasteiger partial charge in [0.15, 0.2) is 0 Å². The van der Waals surface area contributed by atoms with Crippen LogP contribution in [0, 0.1) is 0 Å². The lowest BCUT2D eigenvalue weighted by Crippen LogP contribution is -2.47. The zero-order valence-electron chi connectivity index (χ0n) is 18.2. The van der Waals surface area contributed by atoms with Gasteiger partial charge in [0.2, 0.25) is 0 Å². The molecule has 1 unspecified atom stereocenters. The molecule has 8 nitrogen and oxygen atoms in total. The Labute approximate surface area is 172 Å². The molecule has 3 rings (SSSR count). The Bertz CT molecular complexity index is 789. The molecule has 0 aromatic heterocycles. The first kappa shape index (κ1) is 21.2. The summed E-state index contributed by atoms with van der Waals surface area (Å²) in [7, 11) is 5.00. The largest absolute Gasteiger partial charge is 0.495 e. The molecular formula is C21H31N3O5. The van der Waals surface area contributed by atoms with E-state index in [0.29, 0.717) is 25.4 Å². The predicted octanol–water partition coefficient (Wildman–Crippen LogP) is 3.40. The van der Waals surface area contributed by atoms with Crippen LogP contribution in [0.1, 0.15) is 44.4 Å². The molecule has 1 saturated heterocycles. The molecule has 0 spiro atoms. The number of rotatable bonds is 4. The maximum Gasteiger partial charge on any atom is 0.411 e. The zero-order valence-corrected chi connectivity index (χ0v) is 18.2. The maximum atomic E-state index is 12.8. The molecule has 0 bridgehead atoms. The van der Waals surface area contributed by atoms with Crippen LogP contribution < -0.4 is 9.64 Å². The highest BCUT2D eigenvalue weighted by atomic mass is 16.6. The van der Waals surface area contributed by atoms with Crippen molar-refractivity contribution in [2.24, 2.45) is 0 Å². The number of nitrogens with zero attached hydrogens (tertiary/aromatic N) is 3. The smallest absolute Gasteiger partial charge is 0.411 e. The molecule has 1 aromatic rings. The molecule has 2 aliphatic heterocycles. The van der Waals surface area contributed by atoms with Crippen molar-refractivity contribution in [1.82, 2.24) is 9.80 Å². The van der Waals surface area contributed by atoms with Crippen molar-refractivity contribution in [3.05, 3.63) is 23.3 Å². The molecule has 160 valence electrons. The van der Waals surface area contributed by atoms with Crippen molar-refractivity contribution in [1.29, 1.82) is 0 Å². The van der Waals surface area contributed by atoms with E-state index in [1.165, 1.54) is 0 Å². The number of carbonyl (C=O) groups excluding carboxylic acids is 2. The Hall–Kier alpha value is -2.48. The lowest BCUT2D eigenvalue weighted by atomic mass is 10.0. The van der Waals surface area contributed by atoms with E-state index in [2.05, 4.69) is 0 Å². The van der Waals surface area contributed by atoms with Gasteiger partial charge in [-0.05, 0) is 50.5 Å². The van der Waals surface area contributed by atoms with Crippen LogP contribution in [0.3, 0.4) is 0 Å². The summed E-state index contributed by atoms with van der Waals surface area (Å²) < 4.78 is 16.6. The third-order valence-electron chi connectivity index (χ3n) is 5.19. The summed E-state index contributed by atoms with van der Waals surface area (Å²) in [5.74, 6) is 0.620. The summed E-state index contributed by atoms with van der Waals surface area (Å²) in [4.78, 5) is 30.6. The third kappa shape index (κ3) is 4.27. The minimum atomic E-state index is -0.586. The number of urea groups is 1. The molecule has 1 fully saturated rings. The second-order valence-corrected chi connectivity index (χ2v) is 8.51. The molecule has 1 aromatic carbocycles. The number of fused-ring (bicyclic) bond motifs is 1. The highest BCUT2D eigenvalue weighted by molar-refractivity contribution is 5.94. The molecule has 0 radical (unpaired) electrons. The molecule has 29 heavy (non-hydrogen) atoms. The molecule has 8 heteroatoms. The number of ether oxygens (including phenoxy) is 3. The van der Waals surface area contributed by atoms with Gasteiger partial charge in [0.25, 0.3) is 0 Å². The molecule has 2 aliphatic rings. The van der Waals surface area contributed by atoms with Gasteiger partial charge in [-0.1, -0.05) is 0 Å². The van der Waals surface area contributed by atoms with Crippen LogP contribution in [-0.4, -0.2) is 68.5 Å². The van der Waals surface area contributed by atoms with Crippen LogP contribution in [0.5, 0.6) is 5.75 Å². The monoisotopic (exact) mass is 405 g/mol. The van der Waals surface area contributed by atoms with Crippen molar-refractivity contribution in [3.63, 3.8) is 0 Å². The van der Waals surface area contributed by atoms with E-state index in [4.69, 9.17) is 14.2 Å². The van der Waals surface area contributed by atoms with E-state index < -0.39 is 5.60 Å². The fourth-order valence-corrected chi connectivity index (χ4v) is 3.85. The Morgan fingerprint density at radius 3 is 2.55 bits per heavy atom. The molecular weight excluding hydrogens is 374 g/mol. The second kappa shape index (κ2) is 8.10. The van der Waals surface area contributed by atoms with Crippen molar-refractivity contribution in [2.75, 3.05) is 45.9 Å². The van der Waals surface area contributed by atoms with Crippen molar-refractivity contribution in [2.45, 2.75) is 45.4 Å². The van der Waals surface area contributed by atoms with Crippen LogP contribution >= 0.6 is 0 Å². The molecule has 3 amide bonds. The Morgan fingerprint density at radius 2 is 1.93 bits per heavy atom. The number of hydrogen-bond acceptors (Lipinski definition) is 5. The first-order valence-corrected chi connectivity index (χ1v) is 9.88. The molecule has 0 N–H and O–H groups in total. The van der Waals surface area contributed by atoms with E-state index >= 15 is 0 Å². The van der Waals surface area contributed by atoms with Gasteiger partial charge in [-0.3, -0.25) is 9.80 Å². The Kier molecular flexibility index (Phi) is 5.93. The standard InChI is InChI=1S/C21H31N3O5/c1-21(2,3)29-20(26)24-12-14-10-18(28-6)16(11-15(14)17(24)13-27-5)23-9-7-8-22(4)19(23)25/h10-11,17H,7-9,12-13H2,1-6H3. The number of benzene rings is 1. The number of hydrogen-bond donors (Lipinski definition) is 0. The van der Waals surface area contributed by atoms with Gasteiger partial charge in [-0.25, -0.2) is 9.59 Å². The Balaban J connectivity index is 1.99. The number of amides is 3. The summed E-state index contributed by atoms with van der Waals surface area (Å²) in [5, 5.41) is 0. The van der Waals surface area contributed by atoms with Gasteiger partial charge in [0.1, 0.15) is 11.4 Å². The SMILES string of the molecule is COCC1c2cc(N3CCCN(C)C3=O)c(OC)cc2CN1C(=O)OC(C)(C)C. The quantitative estimate of drug-likeness (QED) is 0.768. The van der Waals surface area contributed by atoms with Crippen LogP contribution in [0.4, 0.5) is 15.3 Å². The van der Waals surface area contributed by atoms with Crippen LogP contribution in [-0.2, 0) is 16.0 Å². The number of anilines is 1. The summed E-state index contributed by atoms with van der Waals surface area (Å²) in [6.45, 7) is 7.65. The molecule has 0 saturated carbocycles. The number of carbonyl (C=O) groups is 2. The number of methoxy groups -OCH3 is 2. The van der Waals surface area contributed by atoms with Gasteiger partial charge in [0, 0.05) is 27.2 Å². The molecule has 2 heterocycles. The summed E-state index contributed by atoms with van der Waals surface area (Å²) in [6.07, 6.45) is 0.499. The minimum Gasteiger partial charge on any atom is -0.495 e. The van der Waals surface area contributed by atoms with E-state index in [-0.39, 0.29) is 18.2 Å². The highest BCUT2D eigenvalue weighted by Crippen LogP contribution is 2.42. The van der Waals surface area contributed by atoms with E-state index in [9.17, 15) is 9.59 Å². The second-order valence-electron chi connectivity index (χ2n) is 8.51. The average molecular weight is 405 g/mol. The summed E-state index contributed by atoms with van der Waals surface area (Å²) >= 11 is 0. The summed E-state index contributed by atoms with van der Waals surface area (Å²) in [5.41, 5.74) is 2.05. The van der Waals surface area contributed by atoms with Crippen molar-refractivity contribution < 1.29 is 23.8 Å². The van der Waals surface area contributed by atoms with E-state index in [1.54, 1.807) is 36.0 Å². The fourth-order valence-electron chi connectivity index (χ4n) is 3.85. The minimum absolute atomic E-state index is 0.0558. The first-order chi connectivity index (χ1) is 13.7. The van der Waals surface area contributed by atoms with Crippen molar-refractivity contribution in [3.8, 4) is 5.75 Å². The Morgan fingerprint density at radius 1 is 1.21 bits per heavy atom. The van der Waals surface area contributed by atoms with E-state index in [1.807, 2.05) is 32.9 Å². The predicted molar refractivity (Wildman–Crippen MR) is 109 cm³/mol. The van der Waals surface area contributed by atoms with E-state index in [0.717, 1.165) is 29.8 Å². The summed E-state index contributed by atoms with van der Waals surface area (Å²) in [6, 6.07) is 3.53. The molecule has 1 atom stereocenters. The topological polar surface area (TPSA) is 71.6 Å². The van der Waals surface area contributed by atoms with Crippen LogP contribution in [0.15, 0.2) is 12.1 Å². The van der Waals surface area contributed by atoms with Gasteiger partial charge >= 0.3 is 12.1 Å². The highest BCUT2D eigenvalue weighted by Gasteiger charge is 2.38. The van der Waals surface area contributed by atoms with Gasteiger partial charge in [-0.2, -0.15) is 0 Å². The van der Waals surface area contributed by atoms with Crippen LogP contribution in [0.25, 0.3) is 0 Å². The lowest BCUT2D eigenvalue weighted by Gasteiger charge is -2.34. The third-order valence-corrected chi connectivity index (χ3v) is 5.19. The zero-order chi connectivity index (χ0) is 21.3. The first-order valence-electron chi connectivity index (χ1n) is 9.88. The van der Waals surface area contributed by atoms with Gasteiger partial charge in [-0.15, -0.1) is 0 Å². The average Bonchev–Trinajstić information content (AvgIpc) is 3.00. The maximum absolute atomic E-state index is 12.8. The van der Waals surface area contributed by atoms with Gasteiger partial charge in [0.05, 0.1) is 32.0 Å². The fraction of sp³-hybridized carbons (Fsp3) is 0.619. The van der Waals surface area contributed by atoms with Crippen molar-refractivity contribution >= 4 is 17.8 Å². The van der Waals surface area contributed by atoms with Crippen LogP contribution in [0.2, 0.25) is 0 Å².